The number of allylic oxidation sites excluding steroid dienone is 1. The van der Waals surface area contributed by atoms with Crippen molar-refractivity contribution in [1.82, 2.24) is 4.98 Å². The molecule has 0 aliphatic heterocycles. The van der Waals surface area contributed by atoms with Crippen molar-refractivity contribution >= 4 is 6.29 Å². The zero-order valence-corrected chi connectivity index (χ0v) is 7.45. The SMILES string of the molecule is C=CC=O.Cc1cncc(C)c1. The second-order valence-corrected chi connectivity index (χ2v) is 2.41. The van der Waals surface area contributed by atoms with Gasteiger partial charge in [-0.25, -0.2) is 0 Å². The number of aldehydes is 1. The first-order valence-electron chi connectivity index (χ1n) is 3.65. The zero-order valence-electron chi connectivity index (χ0n) is 7.45. The monoisotopic (exact) mass is 163 g/mol. The first-order chi connectivity index (χ1) is 5.70. The molecule has 0 saturated carbocycles. The van der Waals surface area contributed by atoms with Gasteiger partial charge in [-0.05, 0) is 31.1 Å². The summed E-state index contributed by atoms with van der Waals surface area (Å²) >= 11 is 0. The van der Waals surface area contributed by atoms with Gasteiger partial charge < -0.3 is 0 Å². The predicted molar refractivity (Wildman–Crippen MR) is 50.0 cm³/mol. The Kier molecular flexibility index (Phi) is 5.53. The summed E-state index contributed by atoms with van der Waals surface area (Å²) in [5.74, 6) is 0. The van der Waals surface area contributed by atoms with E-state index >= 15 is 0 Å². The van der Waals surface area contributed by atoms with Gasteiger partial charge in [-0.1, -0.05) is 12.6 Å². The lowest BCUT2D eigenvalue weighted by atomic mass is 10.2. The lowest BCUT2D eigenvalue weighted by molar-refractivity contribution is -0.104. The van der Waals surface area contributed by atoms with Gasteiger partial charge in [0.25, 0.3) is 0 Å². The van der Waals surface area contributed by atoms with Gasteiger partial charge >= 0.3 is 0 Å². The Morgan fingerprint density at radius 3 is 1.92 bits per heavy atom. The maximum atomic E-state index is 9.06. The molecule has 12 heavy (non-hydrogen) atoms. The molecule has 0 atom stereocenters. The molecule has 64 valence electrons. The first-order valence-corrected chi connectivity index (χ1v) is 3.65. The van der Waals surface area contributed by atoms with Gasteiger partial charge in [-0.2, -0.15) is 0 Å². The molecule has 1 aromatic rings. The number of aryl methyl sites for hydroxylation is 2. The van der Waals surface area contributed by atoms with Gasteiger partial charge in [0.2, 0.25) is 0 Å². The summed E-state index contributed by atoms with van der Waals surface area (Å²) in [5, 5.41) is 0. The first kappa shape index (κ1) is 10.6. The standard InChI is InChI=1S/C7H9N.C3H4O/c1-6-3-7(2)5-8-4-6;1-2-3-4/h3-5H,1-2H3;2-3H,1H2. The third-order valence-electron chi connectivity index (χ3n) is 1.11. The number of rotatable bonds is 1. The number of aromatic nitrogens is 1. The zero-order chi connectivity index (χ0) is 9.40. The average Bonchev–Trinajstić information content (AvgIpc) is 2.04. The molecule has 0 aromatic carbocycles. The van der Waals surface area contributed by atoms with Crippen molar-refractivity contribution in [2.75, 3.05) is 0 Å². The van der Waals surface area contributed by atoms with Crippen LogP contribution in [-0.4, -0.2) is 11.3 Å². The number of pyridine rings is 1. The molecule has 2 heteroatoms. The number of nitrogens with zero attached hydrogens (tertiary/aromatic N) is 1. The molecular weight excluding hydrogens is 150 g/mol. The molecule has 1 heterocycles. The van der Waals surface area contributed by atoms with Crippen LogP contribution in [0.4, 0.5) is 0 Å². The molecule has 0 N–H and O–H groups in total. The largest absolute Gasteiger partial charge is 0.299 e. The van der Waals surface area contributed by atoms with E-state index in [1.165, 1.54) is 17.2 Å². The third-order valence-corrected chi connectivity index (χ3v) is 1.11. The highest BCUT2D eigenvalue weighted by Crippen LogP contribution is 1.96. The van der Waals surface area contributed by atoms with E-state index in [4.69, 9.17) is 4.79 Å². The van der Waals surface area contributed by atoms with E-state index in [9.17, 15) is 0 Å². The molecule has 0 amide bonds. The van der Waals surface area contributed by atoms with E-state index in [1.54, 1.807) is 0 Å². The third kappa shape index (κ3) is 5.35. The van der Waals surface area contributed by atoms with Gasteiger partial charge in [0.1, 0.15) is 6.29 Å². The van der Waals surface area contributed by atoms with Gasteiger partial charge in [0, 0.05) is 12.4 Å². The quantitative estimate of drug-likeness (QED) is 0.468. The Hall–Kier alpha value is -1.44. The fourth-order valence-corrected chi connectivity index (χ4v) is 0.706. The summed E-state index contributed by atoms with van der Waals surface area (Å²) in [6.45, 7) is 7.19. The van der Waals surface area contributed by atoms with Crippen LogP contribution in [0.25, 0.3) is 0 Å². The normalized spacial score (nSPS) is 7.83. The van der Waals surface area contributed by atoms with E-state index in [0.717, 1.165) is 0 Å². The van der Waals surface area contributed by atoms with Crippen molar-refractivity contribution in [3.63, 3.8) is 0 Å². The van der Waals surface area contributed by atoms with Crippen LogP contribution in [0.2, 0.25) is 0 Å². The number of hydrogen-bond acceptors (Lipinski definition) is 2. The van der Waals surface area contributed by atoms with Crippen molar-refractivity contribution in [2.24, 2.45) is 0 Å². The van der Waals surface area contributed by atoms with E-state index in [1.807, 2.05) is 26.2 Å². The van der Waals surface area contributed by atoms with Crippen molar-refractivity contribution in [3.8, 4) is 0 Å². The van der Waals surface area contributed by atoms with E-state index in [2.05, 4.69) is 17.6 Å². The minimum Gasteiger partial charge on any atom is -0.299 e. The fourth-order valence-electron chi connectivity index (χ4n) is 0.706. The molecule has 0 unspecified atom stereocenters. The fraction of sp³-hybridized carbons (Fsp3) is 0.200. The summed E-state index contributed by atoms with van der Waals surface area (Å²) in [4.78, 5) is 13.0. The summed E-state index contributed by atoms with van der Waals surface area (Å²) in [5.41, 5.74) is 2.45. The number of carbonyl (C=O) groups excluding carboxylic acids is 1. The number of carbonyl (C=O) groups is 1. The molecule has 1 aromatic heterocycles. The number of hydrogen-bond donors (Lipinski definition) is 0. The maximum absolute atomic E-state index is 9.06. The van der Waals surface area contributed by atoms with Crippen molar-refractivity contribution in [3.05, 3.63) is 42.2 Å². The predicted octanol–water partition coefficient (Wildman–Crippen LogP) is 2.07. The highest BCUT2D eigenvalue weighted by Gasteiger charge is 1.81. The maximum Gasteiger partial charge on any atom is 0.142 e. The van der Waals surface area contributed by atoms with Crippen molar-refractivity contribution in [2.45, 2.75) is 13.8 Å². The lowest BCUT2D eigenvalue weighted by Gasteiger charge is -1.89. The van der Waals surface area contributed by atoms with Crippen molar-refractivity contribution in [1.29, 1.82) is 0 Å². The highest BCUT2D eigenvalue weighted by molar-refractivity contribution is 5.63. The molecule has 0 radical (unpaired) electrons. The second kappa shape index (κ2) is 6.28. The minimum atomic E-state index is 0.639. The van der Waals surface area contributed by atoms with Crippen LogP contribution >= 0.6 is 0 Å². The second-order valence-electron chi connectivity index (χ2n) is 2.41. The van der Waals surface area contributed by atoms with Gasteiger partial charge in [-0.3, -0.25) is 9.78 Å². The molecule has 1 rings (SSSR count). The Balaban J connectivity index is 0.000000261. The molecule has 0 aliphatic rings. The Morgan fingerprint density at radius 1 is 1.33 bits per heavy atom. The van der Waals surface area contributed by atoms with Crippen LogP contribution in [0.5, 0.6) is 0 Å². The van der Waals surface area contributed by atoms with Crippen LogP contribution in [0.15, 0.2) is 31.1 Å². The smallest absolute Gasteiger partial charge is 0.142 e. The van der Waals surface area contributed by atoms with Crippen LogP contribution in [0.1, 0.15) is 11.1 Å². The van der Waals surface area contributed by atoms with Crippen molar-refractivity contribution < 1.29 is 4.79 Å². The van der Waals surface area contributed by atoms with E-state index in [0.29, 0.717) is 6.29 Å². The molecule has 0 fully saturated rings. The lowest BCUT2D eigenvalue weighted by Crippen LogP contribution is -1.76. The molecule has 0 spiro atoms. The summed E-state index contributed by atoms with van der Waals surface area (Å²) in [6.07, 6.45) is 5.54. The molecule has 0 saturated heterocycles. The topological polar surface area (TPSA) is 30.0 Å². The van der Waals surface area contributed by atoms with Crippen LogP contribution in [0, 0.1) is 13.8 Å². The molecule has 0 aliphatic carbocycles. The average molecular weight is 163 g/mol. The molecule has 0 bridgehead atoms. The van der Waals surface area contributed by atoms with Crippen LogP contribution in [-0.2, 0) is 4.79 Å². The highest BCUT2D eigenvalue weighted by atomic mass is 16.1. The summed E-state index contributed by atoms with van der Waals surface area (Å²) in [6, 6.07) is 2.10. The van der Waals surface area contributed by atoms with Crippen LogP contribution in [0.3, 0.4) is 0 Å². The van der Waals surface area contributed by atoms with Gasteiger partial charge in [-0.15, -0.1) is 0 Å². The van der Waals surface area contributed by atoms with E-state index in [-0.39, 0.29) is 0 Å². The molecular formula is C10H13NO. The Morgan fingerprint density at radius 2 is 1.75 bits per heavy atom. The van der Waals surface area contributed by atoms with Crippen LogP contribution < -0.4 is 0 Å². The van der Waals surface area contributed by atoms with Gasteiger partial charge in [0.15, 0.2) is 0 Å². The van der Waals surface area contributed by atoms with E-state index < -0.39 is 0 Å². The molecule has 2 nitrogen and oxygen atoms in total. The van der Waals surface area contributed by atoms with Gasteiger partial charge in [0.05, 0.1) is 0 Å². The summed E-state index contributed by atoms with van der Waals surface area (Å²) in [7, 11) is 0. The summed E-state index contributed by atoms with van der Waals surface area (Å²) < 4.78 is 0. The Labute approximate surface area is 73.0 Å². The Bertz CT molecular complexity index is 233. The minimum absolute atomic E-state index is 0.639.